The van der Waals surface area contributed by atoms with Crippen LogP contribution in [0.1, 0.15) is 17.0 Å². The topological polar surface area (TPSA) is 56.5 Å². The minimum absolute atomic E-state index is 0.205. The van der Waals surface area contributed by atoms with Crippen LogP contribution in [0.2, 0.25) is 0 Å². The Hall–Kier alpha value is -1.31. The average molecular weight is 779 g/mol. The molecule has 0 spiro atoms. The molecule has 0 bridgehead atoms. The Morgan fingerprint density at radius 1 is 1.03 bits per heavy atom. The molecule has 0 aliphatic heterocycles. The van der Waals surface area contributed by atoms with Crippen LogP contribution in [0.3, 0.4) is 0 Å². The Labute approximate surface area is 228 Å². The summed E-state index contributed by atoms with van der Waals surface area (Å²) in [5, 5.41) is 4.94. The summed E-state index contributed by atoms with van der Waals surface area (Å²) >= 11 is 11.4. The van der Waals surface area contributed by atoms with Gasteiger partial charge in [0.25, 0.3) is 5.56 Å². The lowest BCUT2D eigenvalue weighted by atomic mass is 10.2. The van der Waals surface area contributed by atoms with E-state index in [4.69, 9.17) is 4.74 Å². The third kappa shape index (κ3) is 5.42. The van der Waals surface area contributed by atoms with E-state index in [-0.39, 0.29) is 5.56 Å². The minimum atomic E-state index is -0.205. The number of ether oxygens (including phenoxy) is 1. The molecule has 0 N–H and O–H groups in total. The molecule has 0 unspecified atom stereocenters. The van der Waals surface area contributed by atoms with Gasteiger partial charge in [0.05, 0.1) is 24.3 Å². The molecule has 0 amide bonds. The number of hydrogen-bond donors (Lipinski definition) is 0. The highest BCUT2D eigenvalue weighted by Gasteiger charge is 2.10. The van der Waals surface area contributed by atoms with Gasteiger partial charge in [-0.05, 0) is 106 Å². The second kappa shape index (κ2) is 10.3. The molecule has 0 fully saturated rings. The molecule has 0 aliphatic rings. The van der Waals surface area contributed by atoms with Crippen LogP contribution < -0.4 is 10.3 Å². The summed E-state index contributed by atoms with van der Waals surface area (Å²) in [4.78, 5) is 17.4. The number of aromatic nitrogens is 2. The van der Waals surface area contributed by atoms with Crippen molar-refractivity contribution in [3.63, 3.8) is 0 Å². The van der Waals surface area contributed by atoms with E-state index < -0.39 is 0 Å². The van der Waals surface area contributed by atoms with Crippen LogP contribution in [0.5, 0.6) is 5.75 Å². The maximum atomic E-state index is 12.9. The number of halogens is 4. The summed E-state index contributed by atoms with van der Waals surface area (Å²) in [5.41, 5.74) is 2.41. The molecule has 0 radical (unpaired) electrons. The minimum Gasteiger partial charge on any atom is -0.487 e. The van der Waals surface area contributed by atoms with E-state index in [1.807, 2.05) is 48.5 Å². The highest BCUT2D eigenvalue weighted by molar-refractivity contribution is 14.1. The largest absolute Gasteiger partial charge is 0.487 e. The normalized spacial score (nSPS) is 11.4. The maximum absolute atomic E-state index is 12.9. The first-order chi connectivity index (χ1) is 15.3. The zero-order valence-electron chi connectivity index (χ0n) is 16.7. The second-order valence-corrected chi connectivity index (χ2v) is 11.1. The van der Waals surface area contributed by atoms with E-state index in [2.05, 4.69) is 87.1 Å². The van der Waals surface area contributed by atoms with Gasteiger partial charge in [-0.25, -0.2) is 4.98 Å². The zero-order valence-corrected chi connectivity index (χ0v) is 24.1. The van der Waals surface area contributed by atoms with E-state index in [0.29, 0.717) is 23.3 Å². The maximum Gasteiger partial charge on any atom is 0.282 e. The average Bonchev–Trinajstić information content (AvgIpc) is 2.75. The first-order valence-electron chi connectivity index (χ1n) is 9.41. The molecule has 0 aliphatic carbocycles. The van der Waals surface area contributed by atoms with Crippen molar-refractivity contribution < 1.29 is 4.74 Å². The van der Waals surface area contributed by atoms with Crippen molar-refractivity contribution in [2.45, 2.75) is 13.5 Å². The summed E-state index contributed by atoms with van der Waals surface area (Å²) in [6.07, 6.45) is 1.67. The molecule has 162 valence electrons. The van der Waals surface area contributed by atoms with Crippen LogP contribution in [0.4, 0.5) is 0 Å². The SMILES string of the molecule is Cc1nc2ccc(Br)cc2c(=O)n1N=Cc1cc(I)c(OCc2ccc(Br)cc2)c(I)c1. The fourth-order valence-electron chi connectivity index (χ4n) is 3.05. The molecular weight excluding hydrogens is 764 g/mol. The molecule has 5 nitrogen and oxygen atoms in total. The van der Waals surface area contributed by atoms with Crippen molar-refractivity contribution in [3.8, 4) is 5.75 Å². The summed E-state index contributed by atoms with van der Waals surface area (Å²) in [5.74, 6) is 1.36. The number of nitrogens with zero attached hydrogens (tertiary/aromatic N) is 3. The van der Waals surface area contributed by atoms with Crippen LogP contribution in [-0.2, 0) is 6.61 Å². The van der Waals surface area contributed by atoms with Gasteiger partial charge in [-0.15, -0.1) is 0 Å². The number of benzene rings is 3. The standard InChI is InChI=1S/C23H15Br2I2N3O2/c1-13-29-21-7-6-17(25)10-18(21)23(31)30(13)28-11-15-8-19(26)22(20(27)9-15)32-12-14-2-4-16(24)5-3-14/h2-11H,12H2,1H3. The Morgan fingerprint density at radius 3 is 2.38 bits per heavy atom. The predicted molar refractivity (Wildman–Crippen MR) is 152 cm³/mol. The molecule has 1 aromatic heterocycles. The van der Waals surface area contributed by atoms with Crippen LogP contribution in [0.25, 0.3) is 10.9 Å². The molecule has 4 aromatic rings. The third-order valence-electron chi connectivity index (χ3n) is 4.61. The fraction of sp³-hybridized carbons (Fsp3) is 0.0870. The molecular formula is C23H15Br2I2N3O2. The Bertz CT molecular complexity index is 1380. The van der Waals surface area contributed by atoms with Crippen molar-refractivity contribution in [1.29, 1.82) is 0 Å². The number of rotatable bonds is 5. The highest BCUT2D eigenvalue weighted by atomic mass is 127. The number of fused-ring (bicyclic) bond motifs is 1. The molecule has 0 saturated carbocycles. The summed E-state index contributed by atoms with van der Waals surface area (Å²) in [6.45, 7) is 2.26. The quantitative estimate of drug-likeness (QED) is 0.164. The monoisotopic (exact) mass is 777 g/mol. The first kappa shape index (κ1) is 23.8. The van der Waals surface area contributed by atoms with E-state index >= 15 is 0 Å². The highest BCUT2D eigenvalue weighted by Crippen LogP contribution is 2.29. The summed E-state index contributed by atoms with van der Waals surface area (Å²) in [7, 11) is 0. The molecule has 0 saturated heterocycles. The van der Waals surface area contributed by atoms with E-state index in [1.165, 1.54) is 4.68 Å². The molecule has 9 heteroatoms. The van der Waals surface area contributed by atoms with Crippen molar-refractivity contribution in [3.05, 3.63) is 98.0 Å². The number of aryl methyl sites for hydroxylation is 1. The van der Waals surface area contributed by atoms with Crippen molar-refractivity contribution in [1.82, 2.24) is 9.66 Å². The van der Waals surface area contributed by atoms with Crippen LogP contribution in [-0.4, -0.2) is 15.9 Å². The Morgan fingerprint density at radius 2 is 1.69 bits per heavy atom. The van der Waals surface area contributed by atoms with Gasteiger partial charge in [-0.1, -0.05) is 44.0 Å². The van der Waals surface area contributed by atoms with Gasteiger partial charge in [-0.2, -0.15) is 9.78 Å². The molecule has 32 heavy (non-hydrogen) atoms. The van der Waals surface area contributed by atoms with Gasteiger partial charge in [0.15, 0.2) is 0 Å². The van der Waals surface area contributed by atoms with E-state index in [9.17, 15) is 4.79 Å². The van der Waals surface area contributed by atoms with Crippen molar-refractivity contribution in [2.75, 3.05) is 0 Å². The molecule has 4 rings (SSSR count). The van der Waals surface area contributed by atoms with Gasteiger partial charge in [0, 0.05) is 8.95 Å². The van der Waals surface area contributed by atoms with Gasteiger partial charge >= 0.3 is 0 Å². The second-order valence-electron chi connectivity index (χ2n) is 6.91. The van der Waals surface area contributed by atoms with Gasteiger partial charge in [0.2, 0.25) is 0 Å². The van der Waals surface area contributed by atoms with Crippen LogP contribution in [0.15, 0.2) is 73.4 Å². The Balaban J connectivity index is 1.60. The lowest BCUT2D eigenvalue weighted by Gasteiger charge is -2.12. The third-order valence-corrected chi connectivity index (χ3v) is 7.23. The lowest BCUT2D eigenvalue weighted by molar-refractivity contribution is 0.301. The fourth-order valence-corrected chi connectivity index (χ4v) is 5.80. The first-order valence-corrected chi connectivity index (χ1v) is 13.2. The van der Waals surface area contributed by atoms with E-state index in [0.717, 1.165) is 33.0 Å². The summed E-state index contributed by atoms with van der Waals surface area (Å²) < 4.78 is 11.2. The smallest absolute Gasteiger partial charge is 0.282 e. The van der Waals surface area contributed by atoms with Gasteiger partial charge in [0.1, 0.15) is 18.2 Å². The summed E-state index contributed by atoms with van der Waals surface area (Å²) in [6, 6.07) is 17.5. The predicted octanol–water partition coefficient (Wildman–Crippen LogP) is 6.90. The lowest BCUT2D eigenvalue weighted by Crippen LogP contribution is -2.20. The van der Waals surface area contributed by atoms with Crippen LogP contribution >= 0.6 is 77.0 Å². The number of hydrogen-bond acceptors (Lipinski definition) is 4. The van der Waals surface area contributed by atoms with Crippen molar-refractivity contribution in [2.24, 2.45) is 5.10 Å². The van der Waals surface area contributed by atoms with Crippen LogP contribution in [0, 0.1) is 14.1 Å². The molecule has 1 heterocycles. The Kier molecular flexibility index (Phi) is 7.68. The zero-order chi connectivity index (χ0) is 22.8. The molecule has 3 aromatic carbocycles. The van der Waals surface area contributed by atoms with Gasteiger partial charge in [-0.3, -0.25) is 4.79 Å². The molecule has 0 atom stereocenters. The van der Waals surface area contributed by atoms with E-state index in [1.54, 1.807) is 19.2 Å². The van der Waals surface area contributed by atoms with Gasteiger partial charge < -0.3 is 4.74 Å². The van der Waals surface area contributed by atoms with Crippen molar-refractivity contribution >= 4 is 94.2 Å².